The van der Waals surface area contributed by atoms with Crippen LogP contribution in [0, 0.1) is 0 Å². The summed E-state index contributed by atoms with van der Waals surface area (Å²) in [4.78, 5) is 14.8. The average Bonchev–Trinajstić information content (AvgIpc) is 2.87. The summed E-state index contributed by atoms with van der Waals surface area (Å²) < 4.78 is 51.4. The van der Waals surface area contributed by atoms with Crippen molar-refractivity contribution >= 4 is 17.5 Å². The fraction of sp³-hybridized carbons (Fsp3) is 0.321. The number of alkyl halides is 3. The molecular formula is C28H28ClF3N2O3. The lowest BCUT2D eigenvalue weighted by Crippen LogP contribution is -2.44. The quantitative estimate of drug-likeness (QED) is 0.379. The molecule has 5 nitrogen and oxygen atoms in total. The Kier molecular flexibility index (Phi) is 7.99. The van der Waals surface area contributed by atoms with Crippen molar-refractivity contribution in [3.63, 3.8) is 0 Å². The lowest BCUT2D eigenvalue weighted by Gasteiger charge is -2.41. The van der Waals surface area contributed by atoms with Gasteiger partial charge in [0.2, 0.25) is 5.91 Å². The van der Waals surface area contributed by atoms with Crippen molar-refractivity contribution in [2.45, 2.75) is 37.5 Å². The van der Waals surface area contributed by atoms with E-state index in [9.17, 15) is 18.0 Å². The summed E-state index contributed by atoms with van der Waals surface area (Å²) in [7, 11) is 3.10. The molecule has 2 N–H and O–H groups in total. The molecule has 0 saturated heterocycles. The highest BCUT2D eigenvalue weighted by Gasteiger charge is 2.37. The monoisotopic (exact) mass is 532 g/mol. The van der Waals surface area contributed by atoms with Gasteiger partial charge in [0.15, 0.2) is 11.5 Å². The number of methoxy groups -OCH3 is 2. The number of carbonyl (C=O) groups excluding carboxylic acids is 1. The number of nitrogens with two attached hydrogens (primary N) is 1. The highest BCUT2D eigenvalue weighted by molar-refractivity contribution is 6.32. The lowest BCUT2D eigenvalue weighted by molar-refractivity contribution is -0.137. The number of rotatable bonds is 8. The third-order valence-electron chi connectivity index (χ3n) is 6.83. The number of hydrogen-bond acceptors (Lipinski definition) is 4. The normalized spacial score (nSPS) is 16.6. The third-order valence-corrected chi connectivity index (χ3v) is 7.28. The van der Waals surface area contributed by atoms with Gasteiger partial charge in [-0.1, -0.05) is 54.1 Å². The zero-order valence-corrected chi connectivity index (χ0v) is 21.3. The zero-order chi connectivity index (χ0) is 26.7. The van der Waals surface area contributed by atoms with Gasteiger partial charge < -0.3 is 15.2 Å². The van der Waals surface area contributed by atoms with E-state index >= 15 is 0 Å². The van der Waals surface area contributed by atoms with Crippen LogP contribution < -0.4 is 15.2 Å². The van der Waals surface area contributed by atoms with Crippen LogP contribution in [-0.4, -0.2) is 31.6 Å². The summed E-state index contributed by atoms with van der Waals surface area (Å²) in [6, 6.07) is 15.9. The molecule has 0 fully saturated rings. The Hall–Kier alpha value is -3.23. The summed E-state index contributed by atoms with van der Waals surface area (Å²) in [6.07, 6.45) is -3.25. The maximum absolute atomic E-state index is 13.5. The number of fused-ring (bicyclic) bond motifs is 1. The summed E-state index contributed by atoms with van der Waals surface area (Å²) in [5.74, 6) is 0.613. The van der Waals surface area contributed by atoms with Crippen LogP contribution in [0.15, 0.2) is 60.7 Å². The molecule has 0 spiro atoms. The second kappa shape index (κ2) is 11.0. The molecule has 2 atom stereocenters. The summed E-state index contributed by atoms with van der Waals surface area (Å²) >= 11 is 6.20. The van der Waals surface area contributed by atoms with Crippen molar-refractivity contribution in [2.75, 3.05) is 20.8 Å². The van der Waals surface area contributed by atoms with Crippen LogP contribution in [0.1, 0.15) is 46.3 Å². The molecule has 1 amide bonds. The minimum atomic E-state index is -4.55. The minimum Gasteiger partial charge on any atom is -0.493 e. The molecule has 3 aromatic carbocycles. The van der Waals surface area contributed by atoms with E-state index < -0.39 is 23.7 Å². The molecule has 0 aromatic heterocycles. The molecule has 9 heteroatoms. The Morgan fingerprint density at radius 2 is 1.76 bits per heavy atom. The second-order valence-electron chi connectivity index (χ2n) is 8.94. The molecule has 1 heterocycles. The van der Waals surface area contributed by atoms with E-state index in [0.717, 1.165) is 22.8 Å². The van der Waals surface area contributed by atoms with Crippen molar-refractivity contribution in [1.29, 1.82) is 0 Å². The third kappa shape index (κ3) is 5.55. The molecular weight excluding hydrogens is 505 g/mol. The highest BCUT2D eigenvalue weighted by Crippen LogP contribution is 2.44. The predicted molar refractivity (Wildman–Crippen MR) is 136 cm³/mol. The Bertz CT molecular complexity index is 1270. The van der Waals surface area contributed by atoms with Gasteiger partial charge in [-0.3, -0.25) is 9.69 Å². The first-order valence-corrected chi connectivity index (χ1v) is 12.2. The SMILES string of the molecule is COc1cc2c(cc1OC)[C@H](CCc1cccc(C(F)(F)F)c1Cl)N([C@@H](C(N)=O)c1ccccc1)CC2. The molecule has 0 bridgehead atoms. The van der Waals surface area contributed by atoms with Crippen molar-refractivity contribution < 1.29 is 27.4 Å². The van der Waals surface area contributed by atoms with Gasteiger partial charge in [-0.05, 0) is 59.7 Å². The number of benzene rings is 3. The smallest absolute Gasteiger partial charge is 0.417 e. The zero-order valence-electron chi connectivity index (χ0n) is 20.5. The molecule has 0 unspecified atom stereocenters. The standard InChI is InChI=1S/C28H28ClF3N2O3/c1-36-23-15-19-13-14-34(26(27(33)35)18-7-4-3-5-8-18)22(20(19)16-24(23)37-2)12-11-17-9-6-10-21(25(17)29)28(30,31)32/h3-10,15-16,22,26H,11-14H2,1-2H3,(H2,33,35)/t22-,26+/m0/s1. The second-order valence-corrected chi connectivity index (χ2v) is 9.32. The number of primary amides is 1. The summed E-state index contributed by atoms with van der Waals surface area (Å²) in [6.45, 7) is 0.520. The van der Waals surface area contributed by atoms with Crippen LogP contribution >= 0.6 is 11.6 Å². The van der Waals surface area contributed by atoms with Crippen molar-refractivity contribution in [3.05, 3.63) is 93.5 Å². The lowest BCUT2D eigenvalue weighted by atomic mass is 9.86. The molecule has 3 aromatic rings. The van der Waals surface area contributed by atoms with E-state index in [1.54, 1.807) is 20.3 Å². The van der Waals surface area contributed by atoms with Gasteiger partial charge in [0.1, 0.15) is 6.04 Å². The number of nitrogens with zero attached hydrogens (tertiary/aromatic N) is 1. The maximum atomic E-state index is 13.5. The van der Waals surface area contributed by atoms with Gasteiger partial charge in [0, 0.05) is 12.6 Å². The van der Waals surface area contributed by atoms with E-state index in [1.165, 1.54) is 6.07 Å². The summed E-state index contributed by atoms with van der Waals surface area (Å²) in [5, 5.41) is -0.306. The molecule has 196 valence electrons. The van der Waals surface area contributed by atoms with E-state index in [0.29, 0.717) is 36.4 Å². The molecule has 4 rings (SSSR count). The predicted octanol–water partition coefficient (Wildman–Crippen LogP) is 6.13. The first-order valence-electron chi connectivity index (χ1n) is 11.8. The fourth-order valence-corrected chi connectivity index (χ4v) is 5.44. The van der Waals surface area contributed by atoms with E-state index in [2.05, 4.69) is 0 Å². The Morgan fingerprint density at radius 3 is 2.38 bits per heavy atom. The molecule has 1 aliphatic heterocycles. The molecule has 1 aliphatic rings. The van der Waals surface area contributed by atoms with Gasteiger partial charge in [0.25, 0.3) is 0 Å². The molecule has 0 radical (unpaired) electrons. The van der Waals surface area contributed by atoms with Crippen molar-refractivity contribution in [2.24, 2.45) is 5.73 Å². The maximum Gasteiger partial charge on any atom is 0.417 e. The highest BCUT2D eigenvalue weighted by atomic mass is 35.5. The average molecular weight is 533 g/mol. The Labute approximate surface area is 218 Å². The molecule has 0 aliphatic carbocycles. The van der Waals surface area contributed by atoms with Gasteiger partial charge in [-0.25, -0.2) is 0 Å². The largest absolute Gasteiger partial charge is 0.493 e. The van der Waals surface area contributed by atoms with E-state index in [1.807, 2.05) is 47.4 Å². The number of halogens is 4. The molecule has 37 heavy (non-hydrogen) atoms. The first-order chi connectivity index (χ1) is 17.7. The van der Waals surface area contributed by atoms with Crippen molar-refractivity contribution in [3.8, 4) is 11.5 Å². The van der Waals surface area contributed by atoms with Crippen LogP contribution in [0.4, 0.5) is 13.2 Å². The van der Waals surface area contributed by atoms with Gasteiger partial charge >= 0.3 is 6.18 Å². The Morgan fingerprint density at radius 1 is 1.08 bits per heavy atom. The number of carbonyl (C=O) groups is 1. The minimum absolute atomic E-state index is 0.262. The number of amides is 1. The topological polar surface area (TPSA) is 64.8 Å². The summed E-state index contributed by atoms with van der Waals surface area (Å²) in [5.41, 5.74) is 8.12. The Balaban J connectivity index is 1.77. The first kappa shape index (κ1) is 26.8. The van der Waals surface area contributed by atoms with Gasteiger partial charge in [0.05, 0.1) is 24.8 Å². The van der Waals surface area contributed by atoms with Crippen LogP contribution in [0.3, 0.4) is 0 Å². The van der Waals surface area contributed by atoms with Crippen LogP contribution in [0.25, 0.3) is 0 Å². The number of hydrogen-bond donors (Lipinski definition) is 1. The van der Waals surface area contributed by atoms with Gasteiger partial charge in [-0.2, -0.15) is 13.2 Å². The fourth-order valence-electron chi connectivity index (χ4n) is 5.12. The van der Waals surface area contributed by atoms with Crippen molar-refractivity contribution in [1.82, 2.24) is 4.90 Å². The van der Waals surface area contributed by atoms with Crippen LogP contribution in [0.5, 0.6) is 11.5 Å². The van der Waals surface area contributed by atoms with Gasteiger partial charge in [-0.15, -0.1) is 0 Å². The number of aryl methyl sites for hydroxylation is 1. The van der Waals surface area contributed by atoms with E-state index in [-0.39, 0.29) is 17.5 Å². The number of ether oxygens (including phenoxy) is 2. The molecule has 0 saturated carbocycles. The van der Waals surface area contributed by atoms with E-state index in [4.69, 9.17) is 26.8 Å². The van der Waals surface area contributed by atoms with Crippen LogP contribution in [-0.2, 0) is 23.8 Å². The van der Waals surface area contributed by atoms with Crippen LogP contribution in [0.2, 0.25) is 5.02 Å².